The summed E-state index contributed by atoms with van der Waals surface area (Å²) in [4.78, 5) is 14.4. The SMILES string of the molecule is CC(Sc1ccc(N)cc1F)C(=O)N1CCCC1. The van der Waals surface area contributed by atoms with Gasteiger partial charge in [0.05, 0.1) is 5.25 Å². The zero-order valence-corrected chi connectivity index (χ0v) is 11.2. The molecule has 0 spiro atoms. The minimum atomic E-state index is -0.360. The van der Waals surface area contributed by atoms with Crippen LogP contribution in [0.1, 0.15) is 19.8 Å². The van der Waals surface area contributed by atoms with E-state index < -0.39 is 0 Å². The number of nitrogens with two attached hydrogens (primary N) is 1. The zero-order valence-electron chi connectivity index (χ0n) is 10.4. The molecule has 1 unspecified atom stereocenters. The Kier molecular flexibility index (Phi) is 4.11. The van der Waals surface area contributed by atoms with Crippen LogP contribution in [0, 0.1) is 5.82 Å². The molecule has 1 aliphatic rings. The highest BCUT2D eigenvalue weighted by atomic mass is 32.2. The molecule has 1 fully saturated rings. The summed E-state index contributed by atoms with van der Waals surface area (Å²) in [7, 11) is 0. The van der Waals surface area contributed by atoms with Crippen molar-refractivity contribution in [1.29, 1.82) is 0 Å². The number of hydrogen-bond acceptors (Lipinski definition) is 3. The van der Waals surface area contributed by atoms with Crippen LogP contribution in [-0.4, -0.2) is 29.1 Å². The number of halogens is 1. The van der Waals surface area contributed by atoms with Crippen LogP contribution < -0.4 is 5.73 Å². The number of benzene rings is 1. The number of nitrogen functional groups attached to an aromatic ring is 1. The molecule has 1 aliphatic heterocycles. The summed E-state index contributed by atoms with van der Waals surface area (Å²) in [6.45, 7) is 3.48. The van der Waals surface area contributed by atoms with Gasteiger partial charge in [-0.25, -0.2) is 4.39 Å². The minimum Gasteiger partial charge on any atom is -0.399 e. The molecule has 0 bridgehead atoms. The van der Waals surface area contributed by atoms with E-state index in [2.05, 4.69) is 0 Å². The van der Waals surface area contributed by atoms with Crippen molar-refractivity contribution >= 4 is 23.4 Å². The maximum absolute atomic E-state index is 13.6. The van der Waals surface area contributed by atoms with Crippen molar-refractivity contribution in [3.63, 3.8) is 0 Å². The van der Waals surface area contributed by atoms with Crippen LogP contribution in [0.25, 0.3) is 0 Å². The summed E-state index contributed by atoms with van der Waals surface area (Å²) >= 11 is 1.25. The fraction of sp³-hybridized carbons (Fsp3) is 0.462. The van der Waals surface area contributed by atoms with Gasteiger partial charge in [0, 0.05) is 23.7 Å². The largest absolute Gasteiger partial charge is 0.399 e. The predicted molar refractivity (Wildman–Crippen MR) is 71.9 cm³/mol. The summed E-state index contributed by atoms with van der Waals surface area (Å²) in [6, 6.07) is 4.57. The average molecular weight is 268 g/mol. The van der Waals surface area contributed by atoms with E-state index in [-0.39, 0.29) is 17.0 Å². The summed E-state index contributed by atoms with van der Waals surface area (Å²) < 4.78 is 13.6. The number of nitrogens with zero attached hydrogens (tertiary/aromatic N) is 1. The van der Waals surface area contributed by atoms with Gasteiger partial charge in [-0.05, 0) is 38.0 Å². The summed E-state index contributed by atoms with van der Waals surface area (Å²) in [5.41, 5.74) is 5.89. The van der Waals surface area contributed by atoms with E-state index in [9.17, 15) is 9.18 Å². The number of likely N-dealkylation sites (tertiary alicyclic amines) is 1. The number of hydrogen-bond donors (Lipinski definition) is 1. The molecule has 3 nitrogen and oxygen atoms in total. The van der Waals surface area contributed by atoms with Crippen molar-refractivity contribution in [3.05, 3.63) is 24.0 Å². The van der Waals surface area contributed by atoms with E-state index in [1.165, 1.54) is 17.8 Å². The van der Waals surface area contributed by atoms with E-state index in [1.54, 1.807) is 12.1 Å². The Hall–Kier alpha value is -1.23. The molecule has 1 atom stereocenters. The van der Waals surface area contributed by atoms with E-state index in [4.69, 9.17) is 5.73 Å². The Morgan fingerprint density at radius 3 is 2.72 bits per heavy atom. The van der Waals surface area contributed by atoms with Gasteiger partial charge in [0.2, 0.25) is 5.91 Å². The minimum absolute atomic E-state index is 0.0914. The normalized spacial score (nSPS) is 16.9. The van der Waals surface area contributed by atoms with Crippen molar-refractivity contribution in [2.45, 2.75) is 29.9 Å². The predicted octanol–water partition coefficient (Wildman–Crippen LogP) is 2.51. The lowest BCUT2D eigenvalue weighted by Gasteiger charge is -2.20. The second kappa shape index (κ2) is 5.61. The molecule has 1 aromatic carbocycles. The van der Waals surface area contributed by atoms with E-state index in [0.29, 0.717) is 10.6 Å². The van der Waals surface area contributed by atoms with Crippen LogP contribution >= 0.6 is 11.8 Å². The molecule has 0 radical (unpaired) electrons. The first kappa shape index (κ1) is 13.2. The lowest BCUT2D eigenvalue weighted by molar-refractivity contribution is -0.129. The van der Waals surface area contributed by atoms with Crippen LogP contribution in [0.2, 0.25) is 0 Å². The van der Waals surface area contributed by atoms with Gasteiger partial charge >= 0.3 is 0 Å². The van der Waals surface area contributed by atoms with Crippen LogP contribution in [0.5, 0.6) is 0 Å². The third-order valence-corrected chi connectivity index (χ3v) is 4.17. The maximum atomic E-state index is 13.6. The maximum Gasteiger partial charge on any atom is 0.235 e. The summed E-state index contributed by atoms with van der Waals surface area (Å²) in [6.07, 6.45) is 2.14. The topological polar surface area (TPSA) is 46.3 Å². The molecule has 0 aromatic heterocycles. The monoisotopic (exact) mass is 268 g/mol. The Labute approximate surface area is 111 Å². The van der Waals surface area contributed by atoms with E-state index in [0.717, 1.165) is 25.9 Å². The molecular weight excluding hydrogens is 251 g/mol. The summed E-state index contributed by atoms with van der Waals surface area (Å²) in [5, 5.41) is -0.263. The summed E-state index contributed by atoms with van der Waals surface area (Å²) in [5.74, 6) is -0.269. The number of amides is 1. The Morgan fingerprint density at radius 2 is 2.11 bits per heavy atom. The van der Waals surface area contributed by atoms with Crippen LogP contribution in [0.4, 0.5) is 10.1 Å². The number of rotatable bonds is 3. The lowest BCUT2D eigenvalue weighted by atomic mass is 10.3. The van der Waals surface area contributed by atoms with Gasteiger partial charge in [0.25, 0.3) is 0 Å². The van der Waals surface area contributed by atoms with Gasteiger partial charge in [-0.2, -0.15) is 0 Å². The number of carbonyl (C=O) groups is 1. The van der Waals surface area contributed by atoms with Crippen molar-refractivity contribution in [2.75, 3.05) is 18.8 Å². The highest BCUT2D eigenvalue weighted by Crippen LogP contribution is 2.28. The third-order valence-electron chi connectivity index (χ3n) is 3.03. The smallest absolute Gasteiger partial charge is 0.235 e. The molecule has 1 heterocycles. The van der Waals surface area contributed by atoms with Crippen LogP contribution in [-0.2, 0) is 4.79 Å². The average Bonchev–Trinajstić information content (AvgIpc) is 2.85. The van der Waals surface area contributed by atoms with E-state index >= 15 is 0 Å². The molecule has 98 valence electrons. The number of carbonyl (C=O) groups excluding carboxylic acids is 1. The van der Waals surface area contributed by atoms with Gasteiger partial charge in [-0.3, -0.25) is 4.79 Å². The molecule has 0 aliphatic carbocycles. The molecule has 1 aromatic rings. The molecular formula is C13H17FN2OS. The second-order valence-electron chi connectivity index (χ2n) is 4.48. The van der Waals surface area contributed by atoms with Crippen LogP contribution in [0.15, 0.2) is 23.1 Å². The first-order valence-electron chi connectivity index (χ1n) is 6.08. The highest BCUT2D eigenvalue weighted by Gasteiger charge is 2.24. The molecule has 1 saturated heterocycles. The standard InChI is InChI=1S/C13H17FN2OS/c1-9(13(17)16-6-2-3-7-16)18-12-5-4-10(15)8-11(12)14/h4-5,8-9H,2-3,6-7,15H2,1H3. The molecule has 2 rings (SSSR count). The highest BCUT2D eigenvalue weighted by molar-refractivity contribution is 8.00. The quantitative estimate of drug-likeness (QED) is 0.677. The van der Waals surface area contributed by atoms with E-state index in [1.807, 2.05) is 11.8 Å². The molecule has 5 heteroatoms. The van der Waals surface area contributed by atoms with Gasteiger partial charge in [-0.15, -0.1) is 11.8 Å². The second-order valence-corrected chi connectivity index (χ2v) is 5.86. The fourth-order valence-corrected chi connectivity index (χ4v) is 3.00. The molecule has 2 N–H and O–H groups in total. The Morgan fingerprint density at radius 1 is 1.44 bits per heavy atom. The molecule has 18 heavy (non-hydrogen) atoms. The van der Waals surface area contributed by atoms with Gasteiger partial charge in [-0.1, -0.05) is 0 Å². The fourth-order valence-electron chi connectivity index (χ4n) is 2.05. The number of anilines is 1. The van der Waals surface area contributed by atoms with Crippen LogP contribution in [0.3, 0.4) is 0 Å². The van der Waals surface area contributed by atoms with Gasteiger partial charge in [0.15, 0.2) is 0 Å². The van der Waals surface area contributed by atoms with Crippen molar-refractivity contribution in [3.8, 4) is 0 Å². The molecule has 0 saturated carbocycles. The first-order chi connectivity index (χ1) is 8.58. The van der Waals surface area contributed by atoms with Gasteiger partial charge in [0.1, 0.15) is 5.82 Å². The lowest BCUT2D eigenvalue weighted by Crippen LogP contribution is -2.34. The zero-order chi connectivity index (χ0) is 13.1. The van der Waals surface area contributed by atoms with Crippen molar-refractivity contribution < 1.29 is 9.18 Å². The Bertz CT molecular complexity index is 447. The van der Waals surface area contributed by atoms with Crippen molar-refractivity contribution in [1.82, 2.24) is 4.90 Å². The van der Waals surface area contributed by atoms with Crippen molar-refractivity contribution in [2.24, 2.45) is 0 Å². The van der Waals surface area contributed by atoms with Gasteiger partial charge < -0.3 is 10.6 Å². The number of thioether (sulfide) groups is 1. The Balaban J connectivity index is 2.01. The third kappa shape index (κ3) is 2.96. The molecule has 1 amide bonds. The first-order valence-corrected chi connectivity index (χ1v) is 6.96.